The van der Waals surface area contributed by atoms with Gasteiger partial charge < -0.3 is 5.32 Å². The molecule has 6 nitrogen and oxygen atoms in total. The van der Waals surface area contributed by atoms with Crippen LogP contribution in [0.2, 0.25) is 0 Å². The zero-order valence-corrected chi connectivity index (χ0v) is 16.5. The predicted molar refractivity (Wildman–Crippen MR) is 103 cm³/mol. The lowest BCUT2D eigenvalue weighted by Gasteiger charge is -2.30. The fourth-order valence-electron chi connectivity index (χ4n) is 3.20. The standard InChI is InChI=1S/C20H20F2N2O4S/c1-13(25)14-2-5-17(6-3-14)29(27,28)24-10-8-15(9-11-24)20(26)23-19-12-16(21)4-7-18(19)22/h2-7,12,15H,8-11H2,1H3,(H,23,26). The summed E-state index contributed by atoms with van der Waals surface area (Å²) in [5, 5.41) is 2.37. The van der Waals surface area contributed by atoms with E-state index in [1.807, 2.05) is 0 Å². The third-order valence-electron chi connectivity index (χ3n) is 4.91. The number of nitrogens with zero attached hydrogens (tertiary/aromatic N) is 1. The molecule has 2 aromatic rings. The van der Waals surface area contributed by atoms with Gasteiger partial charge in [-0.1, -0.05) is 12.1 Å². The van der Waals surface area contributed by atoms with Gasteiger partial charge >= 0.3 is 0 Å². The van der Waals surface area contributed by atoms with Gasteiger partial charge in [0, 0.05) is 30.6 Å². The lowest BCUT2D eigenvalue weighted by molar-refractivity contribution is -0.120. The number of nitrogens with one attached hydrogen (secondary N) is 1. The Bertz CT molecular complexity index is 1030. The number of hydrogen-bond donors (Lipinski definition) is 1. The van der Waals surface area contributed by atoms with Crippen molar-refractivity contribution in [1.29, 1.82) is 0 Å². The number of Topliss-reactive ketones (excluding diaryl/α,β-unsaturated/α-hetero) is 1. The van der Waals surface area contributed by atoms with Gasteiger partial charge in [-0.15, -0.1) is 0 Å². The fourth-order valence-corrected chi connectivity index (χ4v) is 4.67. The van der Waals surface area contributed by atoms with E-state index < -0.39 is 33.5 Å². The van der Waals surface area contributed by atoms with Gasteiger partial charge in [0.25, 0.3) is 0 Å². The van der Waals surface area contributed by atoms with Crippen molar-refractivity contribution in [3.8, 4) is 0 Å². The molecule has 1 fully saturated rings. The summed E-state index contributed by atoms with van der Waals surface area (Å²) in [5.41, 5.74) is 0.180. The zero-order chi connectivity index (χ0) is 21.2. The highest BCUT2D eigenvalue weighted by molar-refractivity contribution is 7.89. The van der Waals surface area contributed by atoms with Crippen LogP contribution in [0.1, 0.15) is 30.1 Å². The molecule has 1 N–H and O–H groups in total. The van der Waals surface area contributed by atoms with E-state index in [1.54, 1.807) is 0 Å². The minimum atomic E-state index is -3.74. The van der Waals surface area contributed by atoms with E-state index in [9.17, 15) is 26.8 Å². The molecule has 0 radical (unpaired) electrons. The Hall–Kier alpha value is -2.65. The molecule has 1 heterocycles. The van der Waals surface area contributed by atoms with Crippen molar-refractivity contribution in [3.05, 3.63) is 59.7 Å². The number of amides is 1. The Kier molecular flexibility index (Phi) is 6.09. The third kappa shape index (κ3) is 4.68. The summed E-state index contributed by atoms with van der Waals surface area (Å²) in [6.07, 6.45) is 0.515. The summed E-state index contributed by atoms with van der Waals surface area (Å²) in [4.78, 5) is 23.8. The number of anilines is 1. The van der Waals surface area contributed by atoms with Crippen LogP contribution in [0.25, 0.3) is 0 Å². The number of carbonyl (C=O) groups is 2. The molecule has 1 aliphatic heterocycles. The Morgan fingerprint density at radius 1 is 1.03 bits per heavy atom. The van der Waals surface area contributed by atoms with Crippen molar-refractivity contribution >= 4 is 27.4 Å². The number of rotatable bonds is 5. The minimum Gasteiger partial charge on any atom is -0.323 e. The van der Waals surface area contributed by atoms with Crippen LogP contribution >= 0.6 is 0 Å². The van der Waals surface area contributed by atoms with Gasteiger partial charge in [0.05, 0.1) is 10.6 Å². The van der Waals surface area contributed by atoms with E-state index in [2.05, 4.69) is 5.32 Å². The van der Waals surface area contributed by atoms with E-state index in [-0.39, 0.29) is 42.3 Å². The molecule has 0 aliphatic carbocycles. The smallest absolute Gasteiger partial charge is 0.243 e. The summed E-state index contributed by atoms with van der Waals surface area (Å²) in [5.74, 6) is -2.55. The van der Waals surface area contributed by atoms with Crippen molar-refractivity contribution < 1.29 is 26.8 Å². The van der Waals surface area contributed by atoms with Crippen molar-refractivity contribution in [3.63, 3.8) is 0 Å². The van der Waals surface area contributed by atoms with Crippen LogP contribution in [-0.2, 0) is 14.8 Å². The number of sulfonamides is 1. The third-order valence-corrected chi connectivity index (χ3v) is 6.82. The predicted octanol–water partition coefficient (Wildman–Crippen LogP) is 3.21. The first kappa shape index (κ1) is 21.1. The normalized spacial score (nSPS) is 15.8. The molecule has 9 heteroatoms. The van der Waals surface area contributed by atoms with Gasteiger partial charge in [-0.3, -0.25) is 9.59 Å². The van der Waals surface area contributed by atoms with Gasteiger partial charge in [-0.2, -0.15) is 4.31 Å². The molecule has 0 bridgehead atoms. The molecule has 1 aliphatic rings. The minimum absolute atomic E-state index is 0.0761. The van der Waals surface area contributed by atoms with Crippen LogP contribution in [0.4, 0.5) is 14.5 Å². The van der Waals surface area contributed by atoms with Gasteiger partial charge in [-0.25, -0.2) is 17.2 Å². The molecule has 1 amide bonds. The number of hydrogen-bond acceptors (Lipinski definition) is 4. The van der Waals surface area contributed by atoms with Crippen LogP contribution in [-0.4, -0.2) is 37.5 Å². The average molecular weight is 422 g/mol. The van der Waals surface area contributed by atoms with E-state index in [1.165, 1.54) is 35.5 Å². The highest BCUT2D eigenvalue weighted by Crippen LogP contribution is 2.26. The molecule has 154 valence electrons. The van der Waals surface area contributed by atoms with Crippen LogP contribution in [0.15, 0.2) is 47.4 Å². The van der Waals surface area contributed by atoms with E-state index in [4.69, 9.17) is 0 Å². The van der Waals surface area contributed by atoms with E-state index in [0.29, 0.717) is 5.56 Å². The Morgan fingerprint density at radius 3 is 2.24 bits per heavy atom. The summed E-state index contributed by atoms with van der Waals surface area (Å²) >= 11 is 0. The molecule has 29 heavy (non-hydrogen) atoms. The number of ketones is 1. The topological polar surface area (TPSA) is 83.6 Å². The first-order valence-electron chi connectivity index (χ1n) is 9.05. The van der Waals surface area contributed by atoms with Gasteiger partial charge in [0.15, 0.2) is 5.78 Å². The number of piperidine rings is 1. The van der Waals surface area contributed by atoms with Crippen LogP contribution < -0.4 is 5.32 Å². The van der Waals surface area contributed by atoms with E-state index >= 15 is 0 Å². The van der Waals surface area contributed by atoms with Gasteiger partial charge in [0.1, 0.15) is 11.6 Å². The molecule has 0 unspecified atom stereocenters. The lowest BCUT2D eigenvalue weighted by atomic mass is 9.97. The number of halogens is 2. The Morgan fingerprint density at radius 2 is 1.66 bits per heavy atom. The SMILES string of the molecule is CC(=O)c1ccc(S(=O)(=O)N2CCC(C(=O)Nc3cc(F)ccc3F)CC2)cc1. The van der Waals surface area contributed by atoms with E-state index in [0.717, 1.165) is 18.2 Å². The summed E-state index contributed by atoms with van der Waals surface area (Å²) < 4.78 is 53.7. The average Bonchev–Trinajstić information content (AvgIpc) is 2.71. The molecule has 0 saturated carbocycles. The lowest BCUT2D eigenvalue weighted by Crippen LogP contribution is -2.41. The molecule has 0 atom stereocenters. The summed E-state index contributed by atoms with van der Waals surface area (Å²) in [7, 11) is -3.74. The second-order valence-electron chi connectivity index (χ2n) is 6.87. The fraction of sp³-hybridized carbons (Fsp3) is 0.300. The molecule has 3 rings (SSSR count). The first-order chi connectivity index (χ1) is 13.7. The van der Waals surface area contributed by atoms with Crippen molar-refractivity contribution in [1.82, 2.24) is 4.31 Å². The van der Waals surface area contributed by atoms with Gasteiger partial charge in [-0.05, 0) is 44.0 Å². The summed E-state index contributed by atoms with van der Waals surface area (Å²) in [6, 6.07) is 8.48. The van der Waals surface area contributed by atoms with Crippen molar-refractivity contribution in [2.45, 2.75) is 24.7 Å². The maximum absolute atomic E-state index is 13.7. The zero-order valence-electron chi connectivity index (χ0n) is 15.7. The van der Waals surface area contributed by atoms with Crippen molar-refractivity contribution in [2.24, 2.45) is 5.92 Å². The monoisotopic (exact) mass is 422 g/mol. The summed E-state index contributed by atoms with van der Waals surface area (Å²) in [6.45, 7) is 1.65. The highest BCUT2D eigenvalue weighted by atomic mass is 32.2. The van der Waals surface area contributed by atoms with Crippen molar-refractivity contribution in [2.75, 3.05) is 18.4 Å². The highest BCUT2D eigenvalue weighted by Gasteiger charge is 2.32. The molecule has 0 spiro atoms. The molecular weight excluding hydrogens is 402 g/mol. The number of benzene rings is 2. The van der Waals surface area contributed by atoms with Crippen LogP contribution in [0.3, 0.4) is 0 Å². The first-order valence-corrected chi connectivity index (χ1v) is 10.5. The maximum Gasteiger partial charge on any atom is 0.243 e. The second kappa shape index (κ2) is 8.38. The second-order valence-corrected chi connectivity index (χ2v) is 8.81. The molecule has 1 saturated heterocycles. The van der Waals surface area contributed by atoms with Crippen LogP contribution in [0.5, 0.6) is 0 Å². The maximum atomic E-state index is 13.7. The Labute approximate surface area is 167 Å². The molecular formula is C20H20F2N2O4S. The van der Waals surface area contributed by atoms with Gasteiger partial charge in [0.2, 0.25) is 15.9 Å². The largest absolute Gasteiger partial charge is 0.323 e. The number of carbonyl (C=O) groups excluding carboxylic acids is 2. The van der Waals surface area contributed by atoms with Crippen LogP contribution in [0, 0.1) is 17.6 Å². The Balaban J connectivity index is 1.64. The quantitative estimate of drug-likeness (QED) is 0.750. The molecule has 0 aromatic heterocycles. The molecule has 2 aromatic carbocycles.